The molecule has 2 aromatic rings. The SMILES string of the molecule is Cc1ccccc1CN(C(=O)CSCc1ccc(Br)cc1)[C@H](C)C(=O)NC(C)C. The van der Waals surface area contributed by atoms with Gasteiger partial charge in [-0.25, -0.2) is 0 Å². The molecule has 0 fully saturated rings. The molecule has 6 heteroatoms. The van der Waals surface area contributed by atoms with Crippen LogP contribution in [0.2, 0.25) is 0 Å². The topological polar surface area (TPSA) is 49.4 Å². The van der Waals surface area contributed by atoms with Crippen molar-refractivity contribution in [1.29, 1.82) is 0 Å². The molecule has 0 radical (unpaired) electrons. The normalized spacial score (nSPS) is 11.9. The van der Waals surface area contributed by atoms with E-state index in [1.54, 1.807) is 23.6 Å². The number of nitrogens with zero attached hydrogens (tertiary/aromatic N) is 1. The van der Waals surface area contributed by atoms with Crippen LogP contribution in [0, 0.1) is 6.92 Å². The zero-order chi connectivity index (χ0) is 21.4. The summed E-state index contributed by atoms with van der Waals surface area (Å²) in [5, 5.41) is 2.92. The molecule has 29 heavy (non-hydrogen) atoms. The average Bonchev–Trinajstić information content (AvgIpc) is 2.67. The second kappa shape index (κ2) is 11.4. The van der Waals surface area contributed by atoms with Crippen LogP contribution < -0.4 is 5.32 Å². The molecule has 156 valence electrons. The van der Waals surface area contributed by atoms with Gasteiger partial charge in [0.15, 0.2) is 0 Å². The minimum atomic E-state index is -0.530. The Bertz CT molecular complexity index is 824. The van der Waals surface area contributed by atoms with Crippen LogP contribution >= 0.6 is 27.7 Å². The number of amides is 2. The van der Waals surface area contributed by atoms with Crippen LogP contribution in [0.15, 0.2) is 53.0 Å². The second-order valence-electron chi connectivity index (χ2n) is 7.41. The van der Waals surface area contributed by atoms with Gasteiger partial charge in [-0.15, -0.1) is 11.8 Å². The van der Waals surface area contributed by atoms with Crippen molar-refractivity contribution in [3.63, 3.8) is 0 Å². The summed E-state index contributed by atoms with van der Waals surface area (Å²) in [7, 11) is 0. The molecule has 4 nitrogen and oxygen atoms in total. The van der Waals surface area contributed by atoms with Crippen molar-refractivity contribution < 1.29 is 9.59 Å². The van der Waals surface area contributed by atoms with Gasteiger partial charge in [-0.05, 0) is 56.5 Å². The largest absolute Gasteiger partial charge is 0.352 e. The number of carbonyl (C=O) groups excluding carboxylic acids is 2. The van der Waals surface area contributed by atoms with Gasteiger partial charge in [0.25, 0.3) is 0 Å². The predicted octanol–water partition coefficient (Wildman–Crippen LogP) is 4.93. The van der Waals surface area contributed by atoms with Crippen molar-refractivity contribution in [2.75, 3.05) is 5.75 Å². The average molecular weight is 477 g/mol. The molecular formula is C23H29BrN2O2S. The lowest BCUT2D eigenvalue weighted by Gasteiger charge is -2.30. The van der Waals surface area contributed by atoms with Crippen molar-refractivity contribution in [2.24, 2.45) is 0 Å². The number of carbonyl (C=O) groups is 2. The Hall–Kier alpha value is -1.79. The van der Waals surface area contributed by atoms with Crippen molar-refractivity contribution >= 4 is 39.5 Å². The third kappa shape index (κ3) is 7.52. The number of rotatable bonds is 9. The highest BCUT2D eigenvalue weighted by molar-refractivity contribution is 9.10. The summed E-state index contributed by atoms with van der Waals surface area (Å²) >= 11 is 5.00. The number of benzene rings is 2. The molecule has 0 saturated carbocycles. The maximum Gasteiger partial charge on any atom is 0.242 e. The summed E-state index contributed by atoms with van der Waals surface area (Å²) in [5.74, 6) is 0.937. The van der Waals surface area contributed by atoms with Crippen LogP contribution in [-0.4, -0.2) is 34.6 Å². The zero-order valence-electron chi connectivity index (χ0n) is 17.4. The lowest BCUT2D eigenvalue weighted by molar-refractivity contribution is -0.138. The van der Waals surface area contributed by atoms with E-state index in [-0.39, 0.29) is 17.9 Å². The second-order valence-corrected chi connectivity index (χ2v) is 9.31. The van der Waals surface area contributed by atoms with E-state index in [4.69, 9.17) is 0 Å². The monoisotopic (exact) mass is 476 g/mol. The molecule has 0 aromatic heterocycles. The zero-order valence-corrected chi connectivity index (χ0v) is 19.8. The van der Waals surface area contributed by atoms with Gasteiger partial charge < -0.3 is 10.2 Å². The number of nitrogens with one attached hydrogen (secondary N) is 1. The van der Waals surface area contributed by atoms with Crippen molar-refractivity contribution in [3.05, 3.63) is 69.7 Å². The van der Waals surface area contributed by atoms with Gasteiger partial charge in [0, 0.05) is 22.8 Å². The third-order valence-electron chi connectivity index (χ3n) is 4.61. The molecule has 0 aliphatic heterocycles. The van der Waals surface area contributed by atoms with Crippen molar-refractivity contribution in [3.8, 4) is 0 Å². The van der Waals surface area contributed by atoms with Gasteiger partial charge >= 0.3 is 0 Å². The summed E-state index contributed by atoms with van der Waals surface area (Å²) in [6.07, 6.45) is 0. The van der Waals surface area contributed by atoms with Crippen molar-refractivity contribution in [1.82, 2.24) is 10.2 Å². The fraction of sp³-hybridized carbons (Fsp3) is 0.391. The highest BCUT2D eigenvalue weighted by atomic mass is 79.9. The number of aryl methyl sites for hydroxylation is 1. The fourth-order valence-electron chi connectivity index (χ4n) is 2.88. The first kappa shape index (κ1) is 23.5. The van der Waals surface area contributed by atoms with Crippen LogP contribution in [0.25, 0.3) is 0 Å². The van der Waals surface area contributed by atoms with E-state index in [9.17, 15) is 9.59 Å². The standard InChI is InChI=1S/C23H29BrN2O2S/c1-16(2)25-23(28)18(4)26(13-20-8-6-5-7-17(20)3)22(27)15-29-14-19-9-11-21(24)12-10-19/h5-12,16,18H,13-15H2,1-4H3,(H,25,28)/t18-/m1/s1. The van der Waals surface area contributed by atoms with E-state index in [1.165, 1.54) is 5.56 Å². The number of hydrogen-bond acceptors (Lipinski definition) is 3. The summed E-state index contributed by atoms with van der Waals surface area (Å²) in [4.78, 5) is 27.3. The lowest BCUT2D eigenvalue weighted by atomic mass is 10.1. The van der Waals surface area contributed by atoms with Crippen molar-refractivity contribution in [2.45, 2.75) is 52.1 Å². The van der Waals surface area contributed by atoms with Crippen LogP contribution in [-0.2, 0) is 21.9 Å². The van der Waals surface area contributed by atoms with Crippen LogP contribution in [0.4, 0.5) is 0 Å². The highest BCUT2D eigenvalue weighted by Crippen LogP contribution is 2.19. The molecule has 2 aromatic carbocycles. The molecule has 0 bridgehead atoms. The molecule has 0 saturated heterocycles. The van der Waals surface area contributed by atoms with Gasteiger partial charge in [-0.2, -0.15) is 0 Å². The Labute approximate surface area is 186 Å². The van der Waals surface area contributed by atoms with E-state index in [2.05, 4.69) is 21.2 Å². The molecule has 2 amide bonds. The quantitative estimate of drug-likeness (QED) is 0.557. The van der Waals surface area contributed by atoms with E-state index >= 15 is 0 Å². The molecule has 0 heterocycles. The Morgan fingerprint density at radius 3 is 2.34 bits per heavy atom. The molecule has 1 atom stereocenters. The summed E-state index contributed by atoms with van der Waals surface area (Å²) in [6.45, 7) is 8.10. The minimum Gasteiger partial charge on any atom is -0.352 e. The Morgan fingerprint density at radius 1 is 1.07 bits per heavy atom. The molecule has 2 rings (SSSR count). The van der Waals surface area contributed by atoms with Crippen LogP contribution in [0.3, 0.4) is 0 Å². The Kier molecular flexibility index (Phi) is 9.24. The summed E-state index contributed by atoms with van der Waals surface area (Å²) < 4.78 is 1.04. The Balaban J connectivity index is 2.07. The molecule has 1 N–H and O–H groups in total. The first-order valence-corrected chi connectivity index (χ1v) is 11.7. The van der Waals surface area contributed by atoms with Gasteiger partial charge in [0.1, 0.15) is 6.04 Å². The maximum absolute atomic E-state index is 13.1. The number of hydrogen-bond donors (Lipinski definition) is 1. The minimum absolute atomic E-state index is 0.0261. The van der Waals surface area contributed by atoms with Gasteiger partial charge in [0.05, 0.1) is 5.75 Å². The number of halogens is 1. The van der Waals surface area contributed by atoms with Crippen LogP contribution in [0.1, 0.15) is 37.5 Å². The summed E-state index contributed by atoms with van der Waals surface area (Å²) in [5.41, 5.74) is 3.34. The first-order chi connectivity index (χ1) is 13.8. The fourth-order valence-corrected chi connectivity index (χ4v) is 4.01. The van der Waals surface area contributed by atoms with E-state index in [0.717, 1.165) is 21.4 Å². The van der Waals surface area contributed by atoms with Gasteiger partial charge in [-0.3, -0.25) is 9.59 Å². The first-order valence-electron chi connectivity index (χ1n) is 9.74. The smallest absolute Gasteiger partial charge is 0.242 e. The molecule has 0 aliphatic rings. The third-order valence-corrected chi connectivity index (χ3v) is 6.12. The maximum atomic E-state index is 13.1. The van der Waals surface area contributed by atoms with E-state index in [0.29, 0.717) is 12.3 Å². The van der Waals surface area contributed by atoms with Gasteiger partial charge in [-0.1, -0.05) is 52.3 Å². The predicted molar refractivity (Wildman–Crippen MR) is 125 cm³/mol. The number of thioether (sulfide) groups is 1. The highest BCUT2D eigenvalue weighted by Gasteiger charge is 2.26. The van der Waals surface area contributed by atoms with E-state index < -0.39 is 6.04 Å². The Morgan fingerprint density at radius 2 is 1.72 bits per heavy atom. The molecule has 0 unspecified atom stereocenters. The lowest BCUT2D eigenvalue weighted by Crippen LogP contribution is -2.49. The molecule has 0 aliphatic carbocycles. The molecular weight excluding hydrogens is 448 g/mol. The summed E-state index contributed by atoms with van der Waals surface area (Å²) in [6, 6.07) is 15.6. The van der Waals surface area contributed by atoms with Crippen LogP contribution in [0.5, 0.6) is 0 Å². The molecule has 0 spiro atoms. The van der Waals surface area contributed by atoms with E-state index in [1.807, 2.05) is 69.3 Å². The van der Waals surface area contributed by atoms with Gasteiger partial charge in [0.2, 0.25) is 11.8 Å².